The Hall–Kier alpha value is -2.08. The fourth-order valence-corrected chi connectivity index (χ4v) is 3.61. The number of hydrogen-bond acceptors (Lipinski definition) is 3. The molecule has 1 aromatic rings. The van der Waals surface area contributed by atoms with Crippen molar-refractivity contribution >= 4 is 11.9 Å². The Labute approximate surface area is 170 Å². The molecule has 0 radical (unpaired) electrons. The van der Waals surface area contributed by atoms with Gasteiger partial charge in [-0.1, -0.05) is 43.7 Å². The van der Waals surface area contributed by atoms with Crippen LogP contribution in [0.15, 0.2) is 35.3 Å². The summed E-state index contributed by atoms with van der Waals surface area (Å²) in [5.41, 5.74) is 1.19. The van der Waals surface area contributed by atoms with Gasteiger partial charge in [-0.25, -0.2) is 4.99 Å². The van der Waals surface area contributed by atoms with Gasteiger partial charge >= 0.3 is 0 Å². The normalized spacial score (nSPS) is 19.1. The largest absolute Gasteiger partial charge is 0.355 e. The summed E-state index contributed by atoms with van der Waals surface area (Å²) in [5, 5.41) is 6.87. The number of amides is 1. The number of hydrogen-bond donors (Lipinski definition) is 2. The van der Waals surface area contributed by atoms with E-state index in [1.165, 1.54) is 37.8 Å². The van der Waals surface area contributed by atoms with Crippen LogP contribution in [0.25, 0.3) is 0 Å². The average molecular weight is 388 g/mol. The second-order valence-corrected chi connectivity index (χ2v) is 7.75. The van der Waals surface area contributed by atoms with Gasteiger partial charge in [0.1, 0.15) is 6.54 Å². The zero-order chi connectivity index (χ0) is 20.4. The summed E-state index contributed by atoms with van der Waals surface area (Å²) < 4.78 is 0. The predicted molar refractivity (Wildman–Crippen MR) is 116 cm³/mol. The number of rotatable bonds is 8. The molecule has 1 saturated heterocycles. The zero-order valence-corrected chi connectivity index (χ0v) is 17.9. The van der Waals surface area contributed by atoms with Crippen LogP contribution in [0.3, 0.4) is 0 Å². The topological polar surface area (TPSA) is 60.0 Å². The van der Waals surface area contributed by atoms with Gasteiger partial charge in [-0.3, -0.25) is 9.69 Å². The lowest BCUT2D eigenvalue weighted by Crippen LogP contribution is -2.46. The Morgan fingerprint density at radius 3 is 2.71 bits per heavy atom. The molecule has 1 aliphatic heterocycles. The highest BCUT2D eigenvalue weighted by Crippen LogP contribution is 2.18. The molecule has 6 nitrogen and oxygen atoms in total. The van der Waals surface area contributed by atoms with E-state index in [2.05, 4.69) is 46.5 Å². The van der Waals surface area contributed by atoms with Gasteiger partial charge in [0.05, 0.1) is 6.04 Å². The van der Waals surface area contributed by atoms with Crippen LogP contribution >= 0.6 is 0 Å². The van der Waals surface area contributed by atoms with Crippen LogP contribution < -0.4 is 10.6 Å². The zero-order valence-electron chi connectivity index (χ0n) is 17.9. The van der Waals surface area contributed by atoms with E-state index in [9.17, 15) is 4.79 Å². The Balaban J connectivity index is 1.95. The smallest absolute Gasteiger partial charge is 0.243 e. The maximum absolute atomic E-state index is 12.0. The van der Waals surface area contributed by atoms with Crippen LogP contribution in [-0.2, 0) is 4.79 Å². The monoisotopic (exact) mass is 387 g/mol. The molecule has 1 fully saturated rings. The average Bonchev–Trinajstić information content (AvgIpc) is 2.72. The van der Waals surface area contributed by atoms with Crippen LogP contribution in [0, 0.1) is 0 Å². The van der Waals surface area contributed by atoms with Crippen molar-refractivity contribution in [3.63, 3.8) is 0 Å². The molecule has 1 amide bonds. The number of carbonyl (C=O) groups is 1. The van der Waals surface area contributed by atoms with Gasteiger partial charge in [-0.2, -0.15) is 0 Å². The van der Waals surface area contributed by atoms with E-state index in [1.807, 2.05) is 18.2 Å². The lowest BCUT2D eigenvalue weighted by molar-refractivity contribution is -0.127. The molecule has 0 aromatic heterocycles. The van der Waals surface area contributed by atoms with Gasteiger partial charge in [0.15, 0.2) is 5.96 Å². The second kappa shape index (κ2) is 11.7. The molecular weight excluding hydrogens is 350 g/mol. The first kappa shape index (κ1) is 22.2. The van der Waals surface area contributed by atoms with Crippen molar-refractivity contribution in [3.05, 3.63) is 35.9 Å². The molecular formula is C22H37N5O. The van der Waals surface area contributed by atoms with E-state index in [1.54, 1.807) is 19.0 Å². The third kappa shape index (κ3) is 7.15. The molecule has 1 heterocycles. The number of nitrogens with zero attached hydrogens (tertiary/aromatic N) is 3. The van der Waals surface area contributed by atoms with E-state index in [-0.39, 0.29) is 18.5 Å². The molecule has 156 valence electrons. The first-order chi connectivity index (χ1) is 13.5. The molecule has 2 N–H and O–H groups in total. The summed E-state index contributed by atoms with van der Waals surface area (Å²) in [5.74, 6) is 0.687. The molecule has 2 rings (SSSR count). The van der Waals surface area contributed by atoms with Crippen molar-refractivity contribution in [1.29, 1.82) is 0 Å². The Morgan fingerprint density at radius 1 is 1.29 bits per heavy atom. The Bertz CT molecular complexity index is 617. The number of aliphatic imine (C=N–C) groups is 1. The standard InChI is InChI=1S/C22H37N5O/c1-5-20-13-9-10-15-27(20)16-14-23-22(24-17-21(28)26(3)4)25-18(2)19-11-7-6-8-12-19/h6-8,11-12,18,20H,5,9-10,13-17H2,1-4H3,(H2,23,24,25). The first-order valence-corrected chi connectivity index (χ1v) is 10.5. The van der Waals surface area contributed by atoms with Gasteiger partial charge < -0.3 is 15.5 Å². The molecule has 0 aliphatic carbocycles. The minimum Gasteiger partial charge on any atom is -0.355 e. The lowest BCUT2D eigenvalue weighted by Gasteiger charge is -2.35. The highest BCUT2D eigenvalue weighted by atomic mass is 16.2. The summed E-state index contributed by atoms with van der Waals surface area (Å²) >= 11 is 0. The molecule has 2 unspecified atom stereocenters. The minimum absolute atomic E-state index is 0.00413. The van der Waals surface area contributed by atoms with Gasteiger partial charge in [0, 0.05) is 33.2 Å². The van der Waals surface area contributed by atoms with Gasteiger partial charge in [-0.15, -0.1) is 0 Å². The van der Waals surface area contributed by atoms with E-state index in [4.69, 9.17) is 0 Å². The SMILES string of the molecule is CCC1CCCCN1CCNC(=NCC(=O)N(C)C)NC(C)c1ccccc1. The number of benzene rings is 1. The van der Waals surface area contributed by atoms with E-state index < -0.39 is 0 Å². The Morgan fingerprint density at radius 2 is 2.04 bits per heavy atom. The predicted octanol–water partition coefficient (Wildman–Crippen LogP) is 2.64. The quantitative estimate of drug-likeness (QED) is 0.532. The van der Waals surface area contributed by atoms with Crippen molar-refractivity contribution in [1.82, 2.24) is 20.4 Å². The Kier molecular flexibility index (Phi) is 9.28. The summed E-state index contributed by atoms with van der Waals surface area (Å²) in [7, 11) is 3.51. The van der Waals surface area contributed by atoms with Crippen LogP contribution in [0.5, 0.6) is 0 Å². The number of guanidine groups is 1. The second-order valence-electron chi connectivity index (χ2n) is 7.75. The molecule has 1 aromatic carbocycles. The van der Waals surface area contributed by atoms with E-state index in [0.29, 0.717) is 12.0 Å². The van der Waals surface area contributed by atoms with Gasteiger partial charge in [0.25, 0.3) is 0 Å². The maximum Gasteiger partial charge on any atom is 0.243 e. The highest BCUT2D eigenvalue weighted by molar-refractivity contribution is 5.85. The van der Waals surface area contributed by atoms with E-state index in [0.717, 1.165) is 13.1 Å². The number of nitrogens with one attached hydrogen (secondary N) is 2. The molecule has 0 saturated carbocycles. The lowest BCUT2D eigenvalue weighted by atomic mass is 10.0. The van der Waals surface area contributed by atoms with Crippen LogP contribution in [-0.4, -0.2) is 68.0 Å². The molecule has 1 aliphatic rings. The van der Waals surface area contributed by atoms with Gasteiger partial charge in [-0.05, 0) is 38.3 Å². The van der Waals surface area contributed by atoms with Crippen LogP contribution in [0.2, 0.25) is 0 Å². The number of piperidine rings is 1. The number of likely N-dealkylation sites (N-methyl/N-ethyl adjacent to an activating group) is 1. The maximum atomic E-state index is 12.0. The van der Waals surface area contributed by atoms with Crippen molar-refractivity contribution in [3.8, 4) is 0 Å². The third-order valence-electron chi connectivity index (χ3n) is 5.44. The first-order valence-electron chi connectivity index (χ1n) is 10.5. The molecule has 28 heavy (non-hydrogen) atoms. The summed E-state index contributed by atoms with van der Waals surface area (Å²) in [6.45, 7) is 7.53. The van der Waals surface area contributed by atoms with Gasteiger partial charge in [0.2, 0.25) is 5.91 Å². The molecule has 0 spiro atoms. The fraction of sp³-hybridized carbons (Fsp3) is 0.636. The highest BCUT2D eigenvalue weighted by Gasteiger charge is 2.20. The molecule has 0 bridgehead atoms. The summed E-state index contributed by atoms with van der Waals surface area (Å²) in [4.78, 5) is 20.6. The fourth-order valence-electron chi connectivity index (χ4n) is 3.61. The summed E-state index contributed by atoms with van der Waals surface area (Å²) in [6.07, 6.45) is 5.15. The molecule has 6 heteroatoms. The van der Waals surface area contributed by atoms with Crippen LogP contribution in [0.4, 0.5) is 0 Å². The van der Waals surface area contributed by atoms with Crippen molar-refractivity contribution in [2.24, 2.45) is 4.99 Å². The van der Waals surface area contributed by atoms with E-state index >= 15 is 0 Å². The summed E-state index contributed by atoms with van der Waals surface area (Å²) in [6, 6.07) is 11.1. The molecule has 2 atom stereocenters. The van der Waals surface area contributed by atoms with Crippen LogP contribution in [0.1, 0.15) is 51.1 Å². The third-order valence-corrected chi connectivity index (χ3v) is 5.44. The number of carbonyl (C=O) groups excluding carboxylic acids is 1. The van der Waals surface area contributed by atoms with Crippen molar-refractivity contribution in [2.75, 3.05) is 40.3 Å². The minimum atomic E-state index is -0.00413. The van der Waals surface area contributed by atoms with Crippen molar-refractivity contribution in [2.45, 2.75) is 51.6 Å². The number of likely N-dealkylation sites (tertiary alicyclic amines) is 1. The van der Waals surface area contributed by atoms with Crippen molar-refractivity contribution < 1.29 is 4.79 Å².